The number of benzene rings is 3. The lowest BCUT2D eigenvalue weighted by atomic mass is 9.69. The summed E-state index contributed by atoms with van der Waals surface area (Å²) in [6.45, 7) is 1.66. The standard InChI is InChI=1S/C30H31FO5/c31-25-12-10-24(11-13-25)30-16-28(36-20-30)26(27(30)7-3-4-14-34-19-29(32)33)18-35-17-21-8-9-22-5-1-2-6-23(22)15-21/h1-6,8-13,15,26-28H,7,14,16-20H2,(H,32,33)/b4-3+/t26-,27-,28-,30-/m0/s1. The molecule has 36 heavy (non-hydrogen) atoms. The van der Waals surface area contributed by atoms with Crippen LogP contribution in [-0.2, 0) is 31.0 Å². The summed E-state index contributed by atoms with van der Waals surface area (Å²) in [6.07, 6.45) is 5.71. The summed E-state index contributed by atoms with van der Waals surface area (Å²) < 4.78 is 31.3. The molecule has 1 saturated heterocycles. The van der Waals surface area contributed by atoms with Crippen molar-refractivity contribution in [2.75, 3.05) is 26.4 Å². The zero-order chi connectivity index (χ0) is 25.0. The molecule has 2 fully saturated rings. The zero-order valence-corrected chi connectivity index (χ0v) is 20.1. The van der Waals surface area contributed by atoms with Gasteiger partial charge < -0.3 is 19.3 Å². The van der Waals surface area contributed by atoms with Gasteiger partial charge in [-0.2, -0.15) is 0 Å². The molecule has 2 aliphatic rings. The maximum Gasteiger partial charge on any atom is 0.329 e. The number of aliphatic carboxylic acids is 1. The summed E-state index contributed by atoms with van der Waals surface area (Å²) in [5.41, 5.74) is 2.05. The highest BCUT2D eigenvalue weighted by atomic mass is 19.1. The number of carboxylic acid groups (broad SMARTS) is 1. The SMILES string of the molecule is O=C(O)COC/C=C/C[C@H]1[C@H](COCc2ccc3ccccc3c2)[C@@H]2C[C@@]1(c1ccc(F)cc1)CO2. The molecular weight excluding hydrogens is 459 g/mol. The Balaban J connectivity index is 1.28. The molecule has 5 nitrogen and oxygen atoms in total. The van der Waals surface area contributed by atoms with Gasteiger partial charge in [0.05, 0.1) is 32.5 Å². The summed E-state index contributed by atoms with van der Waals surface area (Å²) in [5.74, 6) is -0.763. The van der Waals surface area contributed by atoms with Crippen molar-refractivity contribution in [1.29, 1.82) is 0 Å². The molecule has 2 bridgehead atoms. The van der Waals surface area contributed by atoms with E-state index >= 15 is 0 Å². The van der Waals surface area contributed by atoms with Crippen LogP contribution in [0.2, 0.25) is 0 Å². The number of halogens is 1. The maximum absolute atomic E-state index is 13.7. The Kier molecular flexibility index (Phi) is 7.46. The Labute approximate surface area is 210 Å². The van der Waals surface area contributed by atoms with Crippen LogP contribution >= 0.6 is 0 Å². The fraction of sp³-hybridized carbons (Fsp3) is 0.367. The predicted molar refractivity (Wildman–Crippen MR) is 135 cm³/mol. The average Bonchev–Trinajstić information content (AvgIpc) is 3.44. The Morgan fingerprint density at radius 1 is 1.06 bits per heavy atom. The van der Waals surface area contributed by atoms with Crippen LogP contribution in [0.1, 0.15) is 24.0 Å². The second-order valence-corrected chi connectivity index (χ2v) is 9.80. The summed E-state index contributed by atoms with van der Waals surface area (Å²) in [4.78, 5) is 10.7. The van der Waals surface area contributed by atoms with E-state index in [0.717, 1.165) is 24.0 Å². The van der Waals surface area contributed by atoms with Crippen LogP contribution in [0.3, 0.4) is 0 Å². The summed E-state index contributed by atoms with van der Waals surface area (Å²) >= 11 is 0. The minimum Gasteiger partial charge on any atom is -0.480 e. The van der Waals surface area contributed by atoms with Crippen molar-refractivity contribution in [1.82, 2.24) is 0 Å². The quantitative estimate of drug-likeness (QED) is 0.283. The predicted octanol–water partition coefficient (Wildman–Crippen LogP) is 5.52. The van der Waals surface area contributed by atoms with E-state index in [2.05, 4.69) is 36.4 Å². The first-order chi connectivity index (χ1) is 17.5. The number of fused-ring (bicyclic) bond motifs is 3. The van der Waals surface area contributed by atoms with Crippen molar-refractivity contribution >= 4 is 16.7 Å². The molecule has 3 aromatic rings. The number of rotatable bonds is 11. The van der Waals surface area contributed by atoms with E-state index in [1.54, 1.807) is 0 Å². The fourth-order valence-corrected chi connectivity index (χ4v) is 5.92. The van der Waals surface area contributed by atoms with Crippen LogP contribution in [0.15, 0.2) is 78.9 Å². The normalized spacial score (nSPS) is 25.2. The molecule has 0 aromatic heterocycles. The number of ether oxygens (including phenoxy) is 3. The van der Waals surface area contributed by atoms with Crippen LogP contribution in [0.4, 0.5) is 4.39 Å². The molecule has 0 spiro atoms. The van der Waals surface area contributed by atoms with Gasteiger partial charge in [0.15, 0.2) is 0 Å². The molecule has 1 heterocycles. The van der Waals surface area contributed by atoms with Crippen molar-refractivity contribution in [3.63, 3.8) is 0 Å². The fourth-order valence-electron chi connectivity index (χ4n) is 5.92. The highest BCUT2D eigenvalue weighted by molar-refractivity contribution is 5.82. The summed E-state index contributed by atoms with van der Waals surface area (Å²) in [7, 11) is 0. The smallest absolute Gasteiger partial charge is 0.329 e. The molecule has 3 aromatic carbocycles. The summed E-state index contributed by atoms with van der Waals surface area (Å²) in [5, 5.41) is 11.2. The van der Waals surface area contributed by atoms with E-state index < -0.39 is 5.97 Å². The van der Waals surface area contributed by atoms with Crippen molar-refractivity contribution in [3.05, 3.63) is 95.8 Å². The van der Waals surface area contributed by atoms with Crippen LogP contribution < -0.4 is 0 Å². The van der Waals surface area contributed by atoms with Gasteiger partial charge in [0, 0.05) is 11.3 Å². The molecule has 0 unspecified atom stereocenters. The minimum absolute atomic E-state index is 0.0910. The average molecular weight is 491 g/mol. The molecule has 5 rings (SSSR count). The zero-order valence-electron chi connectivity index (χ0n) is 20.1. The summed E-state index contributed by atoms with van der Waals surface area (Å²) in [6, 6.07) is 21.5. The molecule has 188 valence electrons. The van der Waals surface area contributed by atoms with E-state index in [1.807, 2.05) is 30.3 Å². The van der Waals surface area contributed by atoms with Crippen molar-refractivity contribution in [2.24, 2.45) is 11.8 Å². The Morgan fingerprint density at radius 3 is 2.67 bits per heavy atom. The van der Waals surface area contributed by atoms with E-state index in [4.69, 9.17) is 19.3 Å². The largest absolute Gasteiger partial charge is 0.480 e. The van der Waals surface area contributed by atoms with Crippen molar-refractivity contribution in [3.8, 4) is 0 Å². The van der Waals surface area contributed by atoms with Gasteiger partial charge in [0.1, 0.15) is 12.4 Å². The molecule has 1 aliphatic heterocycles. The van der Waals surface area contributed by atoms with Gasteiger partial charge in [-0.15, -0.1) is 0 Å². The third kappa shape index (κ3) is 5.21. The van der Waals surface area contributed by atoms with E-state index in [1.165, 1.54) is 22.9 Å². The van der Waals surface area contributed by atoms with Gasteiger partial charge >= 0.3 is 5.97 Å². The van der Waals surface area contributed by atoms with Crippen LogP contribution in [0.5, 0.6) is 0 Å². The molecule has 1 N–H and O–H groups in total. The van der Waals surface area contributed by atoms with Gasteiger partial charge in [0.25, 0.3) is 0 Å². The number of carbonyl (C=O) groups is 1. The molecule has 1 saturated carbocycles. The first kappa shape index (κ1) is 24.6. The number of hydrogen-bond acceptors (Lipinski definition) is 4. The minimum atomic E-state index is -0.979. The monoisotopic (exact) mass is 490 g/mol. The van der Waals surface area contributed by atoms with Crippen molar-refractivity contribution in [2.45, 2.75) is 31.0 Å². The van der Waals surface area contributed by atoms with Gasteiger partial charge in [0.2, 0.25) is 0 Å². The molecule has 0 radical (unpaired) electrons. The first-order valence-electron chi connectivity index (χ1n) is 12.4. The van der Waals surface area contributed by atoms with Gasteiger partial charge in [-0.1, -0.05) is 60.7 Å². The van der Waals surface area contributed by atoms with E-state index in [0.29, 0.717) is 19.8 Å². The Hall–Kier alpha value is -3.06. The highest BCUT2D eigenvalue weighted by Gasteiger charge is 2.59. The number of allylic oxidation sites excluding steroid dienone is 1. The van der Waals surface area contributed by atoms with Crippen molar-refractivity contribution < 1.29 is 28.5 Å². The third-order valence-corrected chi connectivity index (χ3v) is 7.63. The Bertz CT molecular complexity index is 1220. The topological polar surface area (TPSA) is 65.0 Å². The number of carboxylic acids is 1. The Morgan fingerprint density at radius 2 is 1.86 bits per heavy atom. The van der Waals surface area contributed by atoms with E-state index in [-0.39, 0.29) is 42.4 Å². The molecule has 1 aliphatic carbocycles. The third-order valence-electron chi connectivity index (χ3n) is 7.63. The lowest BCUT2D eigenvalue weighted by Crippen LogP contribution is -2.41. The van der Waals surface area contributed by atoms with E-state index in [9.17, 15) is 9.18 Å². The van der Waals surface area contributed by atoms with Crippen LogP contribution in [-0.4, -0.2) is 43.6 Å². The lowest BCUT2D eigenvalue weighted by molar-refractivity contribution is -0.141. The highest BCUT2D eigenvalue weighted by Crippen LogP contribution is 2.56. The number of hydrogen-bond donors (Lipinski definition) is 1. The molecule has 6 heteroatoms. The van der Waals surface area contributed by atoms with Gasteiger partial charge in [-0.25, -0.2) is 9.18 Å². The molecule has 4 atom stereocenters. The van der Waals surface area contributed by atoms with Crippen LogP contribution in [0.25, 0.3) is 10.8 Å². The van der Waals surface area contributed by atoms with Gasteiger partial charge in [-0.3, -0.25) is 0 Å². The maximum atomic E-state index is 13.7. The first-order valence-corrected chi connectivity index (χ1v) is 12.4. The van der Waals surface area contributed by atoms with Crippen LogP contribution in [0, 0.1) is 17.7 Å². The second kappa shape index (κ2) is 10.9. The lowest BCUT2D eigenvalue weighted by Gasteiger charge is -2.39. The van der Waals surface area contributed by atoms with Gasteiger partial charge in [-0.05, 0) is 58.9 Å². The molecule has 0 amide bonds. The second-order valence-electron chi connectivity index (χ2n) is 9.80. The molecular formula is C30H31FO5.